The maximum absolute atomic E-state index is 13.2. The summed E-state index contributed by atoms with van der Waals surface area (Å²) < 4.78 is 39.3. The van der Waals surface area contributed by atoms with Crippen molar-refractivity contribution in [3.63, 3.8) is 0 Å². The van der Waals surface area contributed by atoms with Gasteiger partial charge in [0.25, 0.3) is 5.91 Å². The molecule has 116 valence electrons. The number of carbonyl (C=O) groups excluding carboxylic acids is 1. The number of nitrogens with one attached hydrogen (secondary N) is 1. The van der Waals surface area contributed by atoms with Crippen molar-refractivity contribution in [1.29, 1.82) is 0 Å². The molecular formula is C15H19F3N2O. The SMILES string of the molecule is CC1CCCC(CN)(NC(=O)c2cc(F)c(F)c(F)c2)C1. The lowest BCUT2D eigenvalue weighted by atomic mass is 9.76. The lowest BCUT2D eigenvalue weighted by Crippen LogP contribution is -2.56. The molecule has 2 unspecified atom stereocenters. The van der Waals surface area contributed by atoms with E-state index in [9.17, 15) is 18.0 Å². The fourth-order valence-electron chi connectivity index (χ4n) is 3.01. The molecule has 1 aromatic carbocycles. The standard InChI is InChI=1S/C15H19F3N2O/c1-9-3-2-4-15(7-9,8-19)20-14(21)10-5-11(16)13(18)12(17)6-10/h5-6,9H,2-4,7-8,19H2,1H3,(H,20,21). The van der Waals surface area contributed by atoms with Gasteiger partial charge in [0.15, 0.2) is 17.5 Å². The summed E-state index contributed by atoms with van der Waals surface area (Å²) >= 11 is 0. The van der Waals surface area contributed by atoms with Gasteiger partial charge in [-0.05, 0) is 30.9 Å². The van der Waals surface area contributed by atoms with Crippen LogP contribution in [0.4, 0.5) is 13.2 Å². The predicted octanol–water partition coefficient (Wildman–Crippen LogP) is 2.74. The van der Waals surface area contributed by atoms with Gasteiger partial charge in [-0.15, -0.1) is 0 Å². The third kappa shape index (κ3) is 3.37. The lowest BCUT2D eigenvalue weighted by Gasteiger charge is -2.40. The van der Waals surface area contributed by atoms with Crippen LogP contribution in [0, 0.1) is 23.4 Å². The minimum Gasteiger partial charge on any atom is -0.345 e. The highest BCUT2D eigenvalue weighted by Crippen LogP contribution is 2.32. The van der Waals surface area contributed by atoms with Crippen molar-refractivity contribution in [1.82, 2.24) is 5.32 Å². The molecule has 1 aromatic rings. The van der Waals surface area contributed by atoms with Crippen LogP contribution in [0.25, 0.3) is 0 Å². The molecule has 1 saturated carbocycles. The first-order chi connectivity index (χ1) is 9.87. The van der Waals surface area contributed by atoms with Gasteiger partial charge in [0.05, 0.1) is 5.54 Å². The largest absolute Gasteiger partial charge is 0.345 e. The zero-order valence-corrected chi connectivity index (χ0v) is 11.9. The minimum absolute atomic E-state index is 0.238. The molecule has 2 atom stereocenters. The van der Waals surface area contributed by atoms with Crippen LogP contribution in [0.2, 0.25) is 0 Å². The summed E-state index contributed by atoms with van der Waals surface area (Å²) in [5.74, 6) is -4.54. The summed E-state index contributed by atoms with van der Waals surface area (Å²) in [7, 11) is 0. The number of rotatable bonds is 3. The number of benzene rings is 1. The van der Waals surface area contributed by atoms with Gasteiger partial charge >= 0.3 is 0 Å². The molecule has 0 spiro atoms. The van der Waals surface area contributed by atoms with Crippen molar-refractivity contribution >= 4 is 5.91 Å². The van der Waals surface area contributed by atoms with Crippen LogP contribution in [0.5, 0.6) is 0 Å². The van der Waals surface area contributed by atoms with E-state index < -0.39 is 28.9 Å². The van der Waals surface area contributed by atoms with Gasteiger partial charge in [0.1, 0.15) is 0 Å². The number of carbonyl (C=O) groups is 1. The number of amides is 1. The van der Waals surface area contributed by atoms with Gasteiger partial charge < -0.3 is 11.1 Å². The van der Waals surface area contributed by atoms with Gasteiger partial charge in [-0.1, -0.05) is 19.8 Å². The Labute approximate surface area is 121 Å². The molecule has 3 N–H and O–H groups in total. The number of hydrogen-bond donors (Lipinski definition) is 2. The smallest absolute Gasteiger partial charge is 0.251 e. The van der Waals surface area contributed by atoms with Crippen LogP contribution in [0.1, 0.15) is 43.0 Å². The highest BCUT2D eigenvalue weighted by Gasteiger charge is 2.35. The van der Waals surface area contributed by atoms with E-state index in [0.717, 1.165) is 25.7 Å². The quantitative estimate of drug-likeness (QED) is 0.843. The van der Waals surface area contributed by atoms with Gasteiger partial charge in [-0.25, -0.2) is 13.2 Å². The van der Waals surface area contributed by atoms with Crippen LogP contribution < -0.4 is 11.1 Å². The van der Waals surface area contributed by atoms with Crippen LogP contribution in [0.3, 0.4) is 0 Å². The molecule has 2 rings (SSSR count). The fraction of sp³-hybridized carbons (Fsp3) is 0.533. The van der Waals surface area contributed by atoms with Crippen molar-refractivity contribution in [2.75, 3.05) is 6.54 Å². The molecule has 1 fully saturated rings. The first-order valence-electron chi connectivity index (χ1n) is 7.04. The molecule has 0 bridgehead atoms. The number of hydrogen-bond acceptors (Lipinski definition) is 2. The van der Waals surface area contributed by atoms with E-state index in [0.29, 0.717) is 18.1 Å². The lowest BCUT2D eigenvalue weighted by molar-refractivity contribution is 0.0852. The zero-order chi connectivity index (χ0) is 15.6. The van der Waals surface area contributed by atoms with Crippen molar-refractivity contribution in [2.24, 2.45) is 11.7 Å². The molecule has 0 radical (unpaired) electrons. The third-order valence-electron chi connectivity index (χ3n) is 4.11. The molecule has 6 heteroatoms. The fourth-order valence-corrected chi connectivity index (χ4v) is 3.01. The monoisotopic (exact) mass is 300 g/mol. The Morgan fingerprint density at radius 1 is 1.38 bits per heavy atom. The van der Waals surface area contributed by atoms with E-state index >= 15 is 0 Å². The highest BCUT2D eigenvalue weighted by molar-refractivity contribution is 5.94. The van der Waals surface area contributed by atoms with E-state index in [2.05, 4.69) is 12.2 Å². The van der Waals surface area contributed by atoms with E-state index in [1.807, 2.05) is 0 Å². The molecule has 0 aromatic heterocycles. The van der Waals surface area contributed by atoms with Gasteiger partial charge in [0.2, 0.25) is 0 Å². The van der Waals surface area contributed by atoms with Crippen molar-refractivity contribution in [2.45, 2.75) is 38.1 Å². The molecule has 1 aliphatic rings. The molecule has 3 nitrogen and oxygen atoms in total. The van der Waals surface area contributed by atoms with Gasteiger partial charge in [0, 0.05) is 12.1 Å². The predicted molar refractivity (Wildman–Crippen MR) is 73.2 cm³/mol. The summed E-state index contributed by atoms with van der Waals surface area (Å²) in [6.07, 6.45) is 3.45. The van der Waals surface area contributed by atoms with Crippen molar-refractivity contribution in [3.8, 4) is 0 Å². The minimum atomic E-state index is -1.58. The van der Waals surface area contributed by atoms with Gasteiger partial charge in [-0.3, -0.25) is 4.79 Å². The molecular weight excluding hydrogens is 281 g/mol. The summed E-state index contributed by atoms with van der Waals surface area (Å²) in [6.45, 7) is 2.34. The Bertz CT molecular complexity index is 527. The first-order valence-corrected chi connectivity index (χ1v) is 7.04. The average Bonchev–Trinajstić information content (AvgIpc) is 2.44. The molecule has 1 amide bonds. The molecule has 0 aliphatic heterocycles. The topological polar surface area (TPSA) is 55.1 Å². The Hall–Kier alpha value is -1.56. The summed E-state index contributed by atoms with van der Waals surface area (Å²) in [5.41, 5.74) is 4.99. The van der Waals surface area contributed by atoms with Crippen LogP contribution >= 0.6 is 0 Å². The van der Waals surface area contributed by atoms with E-state index in [-0.39, 0.29) is 12.1 Å². The molecule has 0 heterocycles. The van der Waals surface area contributed by atoms with E-state index in [4.69, 9.17) is 5.73 Å². The second kappa shape index (κ2) is 6.05. The Morgan fingerprint density at radius 3 is 2.52 bits per heavy atom. The van der Waals surface area contributed by atoms with E-state index in [1.54, 1.807) is 0 Å². The first kappa shape index (κ1) is 15.8. The third-order valence-corrected chi connectivity index (χ3v) is 4.11. The van der Waals surface area contributed by atoms with Crippen LogP contribution in [-0.4, -0.2) is 18.0 Å². The van der Waals surface area contributed by atoms with Gasteiger partial charge in [-0.2, -0.15) is 0 Å². The zero-order valence-electron chi connectivity index (χ0n) is 11.9. The Morgan fingerprint density at radius 2 is 2.00 bits per heavy atom. The summed E-state index contributed by atoms with van der Waals surface area (Å²) in [4.78, 5) is 12.2. The maximum Gasteiger partial charge on any atom is 0.251 e. The summed E-state index contributed by atoms with van der Waals surface area (Å²) in [6, 6.07) is 1.40. The van der Waals surface area contributed by atoms with Crippen LogP contribution in [-0.2, 0) is 0 Å². The molecule has 0 saturated heterocycles. The number of halogens is 3. The maximum atomic E-state index is 13.2. The highest BCUT2D eigenvalue weighted by atomic mass is 19.2. The average molecular weight is 300 g/mol. The van der Waals surface area contributed by atoms with Crippen molar-refractivity contribution < 1.29 is 18.0 Å². The normalized spacial score (nSPS) is 25.7. The van der Waals surface area contributed by atoms with E-state index in [1.165, 1.54) is 0 Å². The summed E-state index contributed by atoms with van der Waals surface area (Å²) in [5, 5.41) is 2.78. The van der Waals surface area contributed by atoms with Crippen LogP contribution in [0.15, 0.2) is 12.1 Å². The van der Waals surface area contributed by atoms with Crippen molar-refractivity contribution in [3.05, 3.63) is 35.1 Å². The molecule has 1 aliphatic carbocycles. The second-order valence-corrected chi connectivity index (χ2v) is 5.89. The Balaban J connectivity index is 2.20. The molecule has 21 heavy (non-hydrogen) atoms. The number of nitrogens with two attached hydrogens (primary N) is 1. The second-order valence-electron chi connectivity index (χ2n) is 5.89. The Kier molecular flexibility index (Phi) is 4.56.